The number of carboxylic acid groups (broad SMARTS) is 1. The zero-order valence-corrected chi connectivity index (χ0v) is 24.8. The monoisotopic (exact) mass is 588 g/mol. The molecule has 2 aromatic rings. The van der Waals surface area contributed by atoms with Crippen molar-refractivity contribution in [1.29, 1.82) is 0 Å². The number of hydrogen-bond acceptors (Lipinski definition) is 9. The number of rotatable bonds is 12. The van der Waals surface area contributed by atoms with Crippen LogP contribution >= 0.6 is 0 Å². The van der Waals surface area contributed by atoms with Gasteiger partial charge >= 0.3 is 12.1 Å². The molecule has 1 aromatic carbocycles. The second kappa shape index (κ2) is 13.4. The topological polar surface area (TPSA) is 145 Å². The van der Waals surface area contributed by atoms with E-state index in [0.717, 1.165) is 31.9 Å². The molecule has 41 heavy (non-hydrogen) atoms. The minimum Gasteiger partial charge on any atom is -0.480 e. The SMILES string of the molecule is CCN(CC)c1ncc(N(C2CCCC2)S(C)(=O)=O)c(N[C@@H](Cc2ccc(OC(=O)N3CCCC3)cc2)C(=O)O)n1. The molecule has 1 saturated heterocycles. The summed E-state index contributed by atoms with van der Waals surface area (Å²) >= 11 is 0. The van der Waals surface area contributed by atoms with Gasteiger partial charge in [-0.05, 0) is 57.2 Å². The van der Waals surface area contributed by atoms with E-state index >= 15 is 0 Å². The molecule has 2 heterocycles. The van der Waals surface area contributed by atoms with Gasteiger partial charge in [-0.25, -0.2) is 23.0 Å². The van der Waals surface area contributed by atoms with E-state index < -0.39 is 28.1 Å². The third-order valence-electron chi connectivity index (χ3n) is 7.60. The summed E-state index contributed by atoms with van der Waals surface area (Å²) < 4.78 is 32.8. The van der Waals surface area contributed by atoms with Gasteiger partial charge in [0.1, 0.15) is 17.5 Å². The Morgan fingerprint density at radius 1 is 1.10 bits per heavy atom. The summed E-state index contributed by atoms with van der Waals surface area (Å²) in [5.41, 5.74) is 0.937. The number of benzene rings is 1. The average Bonchev–Trinajstić information content (AvgIpc) is 3.66. The number of nitrogens with one attached hydrogen (secondary N) is 1. The molecule has 1 amide bonds. The van der Waals surface area contributed by atoms with Gasteiger partial charge in [-0.15, -0.1) is 0 Å². The minimum atomic E-state index is -3.70. The number of sulfonamides is 1. The number of ether oxygens (including phenoxy) is 1. The van der Waals surface area contributed by atoms with Crippen LogP contribution in [0.15, 0.2) is 30.5 Å². The smallest absolute Gasteiger partial charge is 0.415 e. The third kappa shape index (κ3) is 7.57. The molecule has 224 valence electrons. The van der Waals surface area contributed by atoms with Gasteiger partial charge in [-0.1, -0.05) is 25.0 Å². The molecule has 1 aliphatic carbocycles. The molecule has 0 bridgehead atoms. The molecule has 2 N–H and O–H groups in total. The number of nitrogens with zero attached hydrogens (tertiary/aromatic N) is 5. The minimum absolute atomic E-state index is 0.0854. The summed E-state index contributed by atoms with van der Waals surface area (Å²) in [5, 5.41) is 13.2. The molecule has 2 fully saturated rings. The number of carbonyl (C=O) groups excluding carboxylic acids is 1. The Hall–Kier alpha value is -3.61. The summed E-state index contributed by atoms with van der Waals surface area (Å²) in [6.07, 6.45) is 7.50. The summed E-state index contributed by atoms with van der Waals surface area (Å²) in [6, 6.07) is 5.36. The number of amides is 1. The fourth-order valence-electron chi connectivity index (χ4n) is 5.44. The molecule has 1 aromatic heterocycles. The second-order valence-electron chi connectivity index (χ2n) is 10.5. The van der Waals surface area contributed by atoms with Crippen molar-refractivity contribution >= 4 is 39.5 Å². The van der Waals surface area contributed by atoms with E-state index in [4.69, 9.17) is 4.74 Å². The van der Waals surface area contributed by atoms with E-state index in [1.54, 1.807) is 29.2 Å². The van der Waals surface area contributed by atoms with Crippen LogP contribution in [0.4, 0.5) is 22.2 Å². The summed E-state index contributed by atoms with van der Waals surface area (Å²) in [4.78, 5) is 37.4. The van der Waals surface area contributed by atoms with Gasteiger partial charge in [0.05, 0.1) is 12.5 Å². The number of aliphatic carboxylic acids is 1. The fraction of sp³-hybridized carbons (Fsp3) is 0.571. The number of hydrogen-bond donors (Lipinski definition) is 2. The van der Waals surface area contributed by atoms with Crippen molar-refractivity contribution in [1.82, 2.24) is 14.9 Å². The summed E-state index contributed by atoms with van der Waals surface area (Å²) in [7, 11) is -3.70. The number of carboxylic acids is 1. The first kappa shape index (κ1) is 30.4. The predicted molar refractivity (Wildman–Crippen MR) is 157 cm³/mol. The lowest BCUT2D eigenvalue weighted by atomic mass is 10.1. The molecule has 13 heteroatoms. The van der Waals surface area contributed by atoms with Gasteiger partial charge < -0.3 is 25.0 Å². The lowest BCUT2D eigenvalue weighted by Gasteiger charge is -2.31. The normalized spacial score (nSPS) is 16.4. The number of carbonyl (C=O) groups is 2. The van der Waals surface area contributed by atoms with Crippen LogP contribution < -0.4 is 19.3 Å². The molecule has 12 nitrogen and oxygen atoms in total. The summed E-state index contributed by atoms with van der Waals surface area (Å²) in [6.45, 7) is 6.54. The number of likely N-dealkylation sites (tertiary alicyclic amines) is 1. The van der Waals surface area contributed by atoms with Crippen LogP contribution in [-0.2, 0) is 21.2 Å². The van der Waals surface area contributed by atoms with Crippen LogP contribution in [0.5, 0.6) is 5.75 Å². The maximum atomic E-state index is 13.0. The van der Waals surface area contributed by atoms with E-state index in [0.29, 0.717) is 56.3 Å². The standard InChI is InChI=1S/C28H40N6O6S/c1-4-32(5-2)27-29-19-24(34(41(3,38)39)21-10-6-7-11-21)25(31-27)30-23(26(35)36)18-20-12-14-22(15-13-20)40-28(37)33-16-8-9-17-33/h12-15,19,21,23H,4-11,16-18H2,1-3H3,(H,35,36)(H,29,30,31)/t23-/m0/s1. The Balaban J connectivity index is 1.60. The quantitative estimate of drug-likeness (QED) is 0.376. The first-order chi connectivity index (χ1) is 19.6. The van der Waals surface area contributed by atoms with Crippen LogP contribution in [0.1, 0.15) is 57.9 Å². The van der Waals surface area contributed by atoms with E-state index in [2.05, 4.69) is 15.3 Å². The first-order valence-electron chi connectivity index (χ1n) is 14.3. The molecule has 0 unspecified atom stereocenters. The lowest BCUT2D eigenvalue weighted by Crippen LogP contribution is -2.40. The number of aromatic nitrogens is 2. The van der Waals surface area contributed by atoms with E-state index in [9.17, 15) is 23.1 Å². The highest BCUT2D eigenvalue weighted by molar-refractivity contribution is 7.92. The molecular weight excluding hydrogens is 548 g/mol. The van der Waals surface area contributed by atoms with Crippen LogP contribution in [0.3, 0.4) is 0 Å². The lowest BCUT2D eigenvalue weighted by molar-refractivity contribution is -0.137. The van der Waals surface area contributed by atoms with Crippen molar-refractivity contribution in [2.75, 3.05) is 47.0 Å². The first-order valence-corrected chi connectivity index (χ1v) is 16.1. The van der Waals surface area contributed by atoms with Crippen LogP contribution in [0, 0.1) is 0 Å². The fourth-order valence-corrected chi connectivity index (χ4v) is 6.68. The maximum Gasteiger partial charge on any atom is 0.415 e. The Bertz CT molecular complexity index is 1310. The predicted octanol–water partition coefficient (Wildman–Crippen LogP) is 3.73. The van der Waals surface area contributed by atoms with Gasteiger partial charge in [-0.3, -0.25) is 4.31 Å². The zero-order valence-electron chi connectivity index (χ0n) is 24.0. The Morgan fingerprint density at radius 2 is 1.73 bits per heavy atom. The highest BCUT2D eigenvalue weighted by Gasteiger charge is 2.33. The van der Waals surface area contributed by atoms with Crippen LogP contribution in [0.2, 0.25) is 0 Å². The highest BCUT2D eigenvalue weighted by atomic mass is 32.2. The third-order valence-corrected chi connectivity index (χ3v) is 8.81. The van der Waals surface area contributed by atoms with Gasteiger partial charge in [-0.2, -0.15) is 4.98 Å². The van der Waals surface area contributed by atoms with E-state index in [-0.39, 0.29) is 24.0 Å². The Labute approximate surface area is 241 Å². The van der Waals surface area contributed by atoms with Crippen molar-refractivity contribution in [2.24, 2.45) is 0 Å². The molecule has 1 aliphatic heterocycles. The van der Waals surface area contributed by atoms with Crippen molar-refractivity contribution in [3.63, 3.8) is 0 Å². The van der Waals surface area contributed by atoms with Gasteiger partial charge in [0.25, 0.3) is 0 Å². The van der Waals surface area contributed by atoms with Gasteiger partial charge in [0, 0.05) is 38.6 Å². The Kier molecular flexibility index (Phi) is 9.90. The molecule has 0 radical (unpaired) electrons. The summed E-state index contributed by atoms with van der Waals surface area (Å²) in [5.74, 6) is -0.194. The Morgan fingerprint density at radius 3 is 2.29 bits per heavy atom. The van der Waals surface area contributed by atoms with E-state index in [1.165, 1.54) is 10.5 Å². The van der Waals surface area contributed by atoms with Crippen molar-refractivity contribution in [3.05, 3.63) is 36.0 Å². The molecule has 1 atom stereocenters. The van der Waals surface area contributed by atoms with Crippen LogP contribution in [-0.4, -0.2) is 85.0 Å². The molecule has 1 saturated carbocycles. The second-order valence-corrected chi connectivity index (χ2v) is 12.4. The number of anilines is 3. The molecule has 2 aliphatic rings. The molecule has 0 spiro atoms. The molecular formula is C28H40N6O6S. The zero-order chi connectivity index (χ0) is 29.6. The van der Waals surface area contributed by atoms with Crippen molar-refractivity contribution in [2.45, 2.75) is 70.9 Å². The van der Waals surface area contributed by atoms with Crippen molar-refractivity contribution < 1.29 is 27.9 Å². The van der Waals surface area contributed by atoms with Crippen LogP contribution in [0.25, 0.3) is 0 Å². The largest absolute Gasteiger partial charge is 0.480 e. The highest BCUT2D eigenvalue weighted by Crippen LogP contribution is 2.35. The van der Waals surface area contributed by atoms with Crippen molar-refractivity contribution in [3.8, 4) is 5.75 Å². The maximum absolute atomic E-state index is 13.0. The van der Waals surface area contributed by atoms with Gasteiger partial charge in [0.2, 0.25) is 16.0 Å². The van der Waals surface area contributed by atoms with Gasteiger partial charge in [0.15, 0.2) is 5.82 Å². The van der Waals surface area contributed by atoms with E-state index in [1.807, 2.05) is 18.7 Å². The average molecular weight is 589 g/mol. The molecule has 4 rings (SSSR count).